The highest BCUT2D eigenvalue weighted by Gasteiger charge is 2.26. The molecule has 0 saturated carbocycles. The molecule has 4 aromatic rings. The van der Waals surface area contributed by atoms with Crippen molar-refractivity contribution in [3.05, 3.63) is 98.3 Å². The van der Waals surface area contributed by atoms with Gasteiger partial charge in [0, 0.05) is 16.2 Å². The van der Waals surface area contributed by atoms with Gasteiger partial charge in [0.15, 0.2) is 16.7 Å². The minimum absolute atomic E-state index is 0.0974. The van der Waals surface area contributed by atoms with Crippen molar-refractivity contribution >= 4 is 23.4 Å². The molecule has 0 aliphatic carbocycles. The molecule has 0 N–H and O–H groups in total. The Hall–Kier alpha value is -4.27. The first-order chi connectivity index (χ1) is 19.3. The summed E-state index contributed by atoms with van der Waals surface area (Å²) in [4.78, 5) is 11.3. The fourth-order valence-corrected chi connectivity index (χ4v) is 5.43. The molecule has 0 aliphatic rings. The lowest BCUT2D eigenvalue weighted by atomic mass is 10.1. The first-order valence-electron chi connectivity index (χ1n) is 12.3. The maximum atomic E-state index is 11.7. The molecule has 0 saturated heterocycles. The highest BCUT2D eigenvalue weighted by molar-refractivity contribution is 7.99. The lowest BCUT2D eigenvalue weighted by Crippen LogP contribution is -2.12. The Labute approximate surface area is 240 Å². The highest BCUT2D eigenvalue weighted by atomic mass is 35.5. The van der Waals surface area contributed by atoms with E-state index in [2.05, 4.69) is 16.3 Å². The van der Waals surface area contributed by atoms with Crippen molar-refractivity contribution in [2.45, 2.75) is 30.9 Å². The van der Waals surface area contributed by atoms with Gasteiger partial charge in [0.1, 0.15) is 23.4 Å². The van der Waals surface area contributed by atoms with Crippen LogP contribution in [0, 0.1) is 28.4 Å². The zero-order chi connectivity index (χ0) is 28.6. The maximum Gasteiger partial charge on any atom is 0.220 e. The van der Waals surface area contributed by atoms with Gasteiger partial charge in [0.2, 0.25) is 6.54 Å². The van der Waals surface area contributed by atoms with E-state index in [4.69, 9.17) is 25.8 Å². The Bertz CT molecular complexity index is 1540. The summed E-state index contributed by atoms with van der Waals surface area (Å²) in [5, 5.41) is 29.6. The molecule has 1 aromatic heterocycles. The van der Waals surface area contributed by atoms with Gasteiger partial charge < -0.3 is 14.2 Å². The zero-order valence-electron chi connectivity index (χ0n) is 22.0. The summed E-state index contributed by atoms with van der Waals surface area (Å²) in [5.41, 5.74) is 2.55. The Balaban J connectivity index is 1.67. The van der Waals surface area contributed by atoms with Crippen LogP contribution in [0.2, 0.25) is 5.02 Å². The second-order valence-electron chi connectivity index (χ2n) is 8.51. The number of rotatable bonds is 12. The third kappa shape index (κ3) is 6.65. The smallest absolute Gasteiger partial charge is 0.220 e. The van der Waals surface area contributed by atoms with E-state index < -0.39 is 11.8 Å². The number of ether oxygens (including phenoxy) is 3. The molecule has 40 heavy (non-hydrogen) atoms. The number of aryl methyl sites for hydroxylation is 1. The Morgan fingerprint density at radius 2 is 1.90 bits per heavy atom. The molecule has 0 spiro atoms. The predicted molar refractivity (Wildman–Crippen MR) is 151 cm³/mol. The van der Waals surface area contributed by atoms with Gasteiger partial charge in [-0.15, -0.1) is 10.2 Å². The summed E-state index contributed by atoms with van der Waals surface area (Å²) in [6.07, 6.45) is 0. The van der Waals surface area contributed by atoms with Crippen molar-refractivity contribution in [2.24, 2.45) is 0 Å². The van der Waals surface area contributed by atoms with Crippen molar-refractivity contribution in [1.29, 1.82) is 5.26 Å². The van der Waals surface area contributed by atoms with Crippen molar-refractivity contribution in [3.63, 3.8) is 0 Å². The largest absolute Gasteiger partial charge is 0.497 e. The van der Waals surface area contributed by atoms with E-state index >= 15 is 0 Å². The quantitative estimate of drug-likeness (QED) is 0.109. The normalized spacial score (nSPS) is 11.5. The van der Waals surface area contributed by atoms with Crippen molar-refractivity contribution in [2.75, 3.05) is 20.3 Å². The molecule has 0 amide bonds. The van der Waals surface area contributed by atoms with Gasteiger partial charge in [-0.2, -0.15) is 5.26 Å². The molecule has 10 nitrogen and oxygen atoms in total. The number of halogens is 1. The first-order valence-corrected chi connectivity index (χ1v) is 13.5. The number of nitrogens with zero attached hydrogens (tertiary/aromatic N) is 5. The average molecular weight is 580 g/mol. The third-order valence-corrected chi connectivity index (χ3v) is 7.36. The van der Waals surface area contributed by atoms with Crippen LogP contribution in [-0.2, 0) is 6.61 Å². The molecular formula is C28H26ClN5O5S. The monoisotopic (exact) mass is 579 g/mol. The Morgan fingerprint density at radius 1 is 1.15 bits per heavy atom. The maximum absolute atomic E-state index is 11.7. The molecule has 1 atom stereocenters. The molecular weight excluding hydrogens is 554 g/mol. The van der Waals surface area contributed by atoms with Crippen LogP contribution >= 0.6 is 23.4 Å². The molecule has 3 aromatic carbocycles. The standard InChI is InChI=1S/C28H26ClN5O5S/c1-4-38-25-14-21(13-24(29)27(25)39-17-20-8-6-5-7-19(20)15-30)26(16-33(35)36)40-28-32-31-18(2)34(28)22-9-11-23(37-3)12-10-22/h5-14,26H,4,16-17H2,1-3H3/t26-/m0/s1. The van der Waals surface area contributed by atoms with Gasteiger partial charge in [-0.3, -0.25) is 14.7 Å². The molecule has 0 bridgehead atoms. The molecule has 0 radical (unpaired) electrons. The minimum atomic E-state index is -0.666. The van der Waals surface area contributed by atoms with E-state index in [1.807, 2.05) is 48.7 Å². The van der Waals surface area contributed by atoms with Crippen LogP contribution in [-0.4, -0.2) is 39.9 Å². The number of hydrogen-bond acceptors (Lipinski definition) is 9. The molecule has 1 heterocycles. The zero-order valence-corrected chi connectivity index (χ0v) is 23.6. The van der Waals surface area contributed by atoms with Gasteiger partial charge in [0.05, 0.1) is 30.4 Å². The van der Waals surface area contributed by atoms with Crippen LogP contribution in [0.5, 0.6) is 17.2 Å². The van der Waals surface area contributed by atoms with Crippen LogP contribution < -0.4 is 14.2 Å². The van der Waals surface area contributed by atoms with Gasteiger partial charge >= 0.3 is 0 Å². The minimum Gasteiger partial charge on any atom is -0.497 e. The van der Waals surface area contributed by atoms with E-state index in [1.54, 1.807) is 37.4 Å². The molecule has 0 fully saturated rings. The first kappa shape index (κ1) is 28.7. The topological polar surface area (TPSA) is 125 Å². The predicted octanol–water partition coefficient (Wildman–Crippen LogP) is 6.20. The van der Waals surface area contributed by atoms with E-state index in [-0.39, 0.29) is 16.6 Å². The summed E-state index contributed by atoms with van der Waals surface area (Å²) in [6, 6.07) is 19.9. The second kappa shape index (κ2) is 13.2. The number of nitro groups is 1. The van der Waals surface area contributed by atoms with Crippen LogP contribution in [0.25, 0.3) is 5.69 Å². The van der Waals surface area contributed by atoms with Crippen molar-refractivity contribution < 1.29 is 19.1 Å². The number of nitriles is 1. The van der Waals surface area contributed by atoms with Gasteiger partial charge in [0.25, 0.3) is 0 Å². The lowest BCUT2D eigenvalue weighted by Gasteiger charge is -2.19. The van der Waals surface area contributed by atoms with Crippen LogP contribution in [0.15, 0.2) is 65.8 Å². The Morgan fingerprint density at radius 3 is 2.58 bits per heavy atom. The molecule has 4 rings (SSSR count). The number of thioether (sulfide) groups is 1. The summed E-state index contributed by atoms with van der Waals surface area (Å²) in [7, 11) is 1.59. The second-order valence-corrected chi connectivity index (χ2v) is 10.1. The number of benzene rings is 3. The van der Waals surface area contributed by atoms with E-state index in [0.29, 0.717) is 51.5 Å². The summed E-state index contributed by atoms with van der Waals surface area (Å²) >= 11 is 7.86. The van der Waals surface area contributed by atoms with Gasteiger partial charge in [-0.05, 0) is 61.9 Å². The average Bonchev–Trinajstić information content (AvgIpc) is 3.31. The van der Waals surface area contributed by atoms with Crippen LogP contribution in [0.4, 0.5) is 0 Å². The summed E-state index contributed by atoms with van der Waals surface area (Å²) in [6.45, 7) is 3.66. The lowest BCUT2D eigenvalue weighted by molar-refractivity contribution is -0.479. The molecule has 0 aliphatic heterocycles. The van der Waals surface area contributed by atoms with E-state index in [9.17, 15) is 15.4 Å². The summed E-state index contributed by atoms with van der Waals surface area (Å²) in [5.74, 6) is 1.97. The van der Waals surface area contributed by atoms with Gasteiger partial charge in [-0.25, -0.2) is 0 Å². The fraction of sp³-hybridized carbons (Fsp3) is 0.250. The van der Waals surface area contributed by atoms with Crippen LogP contribution in [0.1, 0.15) is 34.7 Å². The molecule has 12 heteroatoms. The number of hydrogen-bond donors (Lipinski definition) is 0. The van der Waals surface area contributed by atoms with Crippen molar-refractivity contribution in [3.8, 4) is 29.0 Å². The van der Waals surface area contributed by atoms with E-state index in [1.165, 1.54) is 11.8 Å². The van der Waals surface area contributed by atoms with Crippen LogP contribution in [0.3, 0.4) is 0 Å². The Kier molecular flexibility index (Phi) is 9.47. The number of methoxy groups -OCH3 is 1. The molecule has 0 unspecified atom stereocenters. The SMILES string of the molecule is CCOc1cc([C@H](C[N+](=O)[O-])Sc2nnc(C)n2-c2ccc(OC)cc2)cc(Cl)c1OCc1ccccc1C#N. The third-order valence-electron chi connectivity index (χ3n) is 5.90. The molecule has 206 valence electrons. The summed E-state index contributed by atoms with van der Waals surface area (Å²) < 4.78 is 18.9. The fourth-order valence-electron chi connectivity index (χ4n) is 4.00. The van der Waals surface area contributed by atoms with Crippen molar-refractivity contribution in [1.82, 2.24) is 14.8 Å². The number of aromatic nitrogens is 3. The van der Waals surface area contributed by atoms with Gasteiger partial charge in [-0.1, -0.05) is 41.6 Å². The highest BCUT2D eigenvalue weighted by Crippen LogP contribution is 2.43. The van der Waals surface area contributed by atoms with E-state index in [0.717, 1.165) is 5.69 Å².